The van der Waals surface area contributed by atoms with Crippen LogP contribution in [0.25, 0.3) is 0 Å². The van der Waals surface area contributed by atoms with Crippen molar-refractivity contribution in [2.24, 2.45) is 11.3 Å². The Bertz CT molecular complexity index is 1110. The molecule has 0 radical (unpaired) electrons. The van der Waals surface area contributed by atoms with Crippen LogP contribution in [-0.2, 0) is 9.53 Å². The van der Waals surface area contributed by atoms with E-state index in [1.807, 2.05) is 71.9 Å². The smallest absolute Gasteiger partial charge is 0.417 e. The second kappa shape index (κ2) is 8.87. The summed E-state index contributed by atoms with van der Waals surface area (Å²) in [6, 6.07) is 13.8. The minimum absolute atomic E-state index is 0.0115. The fraction of sp³-hybridized carbons (Fsp3) is 0.500. The van der Waals surface area contributed by atoms with Gasteiger partial charge in [0.1, 0.15) is 5.60 Å². The molecule has 0 spiro atoms. The lowest BCUT2D eigenvalue weighted by Crippen LogP contribution is -2.43. The second-order valence-electron chi connectivity index (χ2n) is 11.1. The van der Waals surface area contributed by atoms with E-state index in [-0.39, 0.29) is 29.7 Å². The number of hydrogen-bond donors (Lipinski definition) is 0. The predicted octanol–water partition coefficient (Wildman–Crippen LogP) is 7.75. The monoisotopic (exact) mass is 501 g/mol. The topological polar surface area (TPSA) is 46.6 Å². The number of halogens is 2. The van der Waals surface area contributed by atoms with Crippen LogP contribution in [-0.4, -0.2) is 28.5 Å². The highest BCUT2D eigenvalue weighted by molar-refractivity contribution is 6.31. The maximum atomic E-state index is 13.8. The maximum Gasteiger partial charge on any atom is 0.417 e. The van der Waals surface area contributed by atoms with Crippen molar-refractivity contribution in [2.75, 3.05) is 0 Å². The zero-order valence-corrected chi connectivity index (χ0v) is 22.2. The average molecular weight is 502 g/mol. The van der Waals surface area contributed by atoms with E-state index in [1.165, 1.54) is 4.90 Å². The van der Waals surface area contributed by atoms with Gasteiger partial charge in [0, 0.05) is 22.0 Å². The molecule has 2 aromatic carbocycles. The summed E-state index contributed by atoms with van der Waals surface area (Å²) in [4.78, 5) is 28.3. The standard InChI is InChI=1S/C28H33Cl2NO3/c1-16-7-12-20(22(30)15-16)21-13-14-28(6)24(23(21)18-8-10-19(29)11-9-18)17(2)31(25(28)32)26(33)34-27(3,4)5/h7-12,15,17,21,23-24H,13-14H2,1-6H3/t17-,21+,23+,24+,28-/m1/s1. The first-order valence-electron chi connectivity index (χ1n) is 11.9. The number of imide groups is 1. The van der Waals surface area contributed by atoms with Crippen molar-refractivity contribution in [2.45, 2.75) is 77.9 Å². The summed E-state index contributed by atoms with van der Waals surface area (Å²) in [5, 5.41) is 1.41. The summed E-state index contributed by atoms with van der Waals surface area (Å²) in [6.07, 6.45) is 0.906. The molecule has 1 heterocycles. The van der Waals surface area contributed by atoms with Gasteiger partial charge < -0.3 is 4.74 Å². The molecular formula is C28H33Cl2NO3. The molecule has 2 fully saturated rings. The number of hydrogen-bond acceptors (Lipinski definition) is 3. The summed E-state index contributed by atoms with van der Waals surface area (Å²) >= 11 is 13.0. The zero-order chi connectivity index (χ0) is 25.0. The van der Waals surface area contributed by atoms with Crippen LogP contribution in [0.3, 0.4) is 0 Å². The van der Waals surface area contributed by atoms with Gasteiger partial charge in [-0.25, -0.2) is 9.69 Å². The van der Waals surface area contributed by atoms with Crippen LogP contribution in [0.1, 0.15) is 76.0 Å². The Labute approximate surface area is 212 Å². The summed E-state index contributed by atoms with van der Waals surface area (Å²) < 4.78 is 5.64. The van der Waals surface area contributed by atoms with Gasteiger partial charge in [-0.05, 0) is 94.2 Å². The second-order valence-corrected chi connectivity index (χ2v) is 11.9. The third-order valence-electron chi connectivity index (χ3n) is 7.57. The molecule has 0 aromatic heterocycles. The Hall–Kier alpha value is -2.04. The Morgan fingerprint density at radius 3 is 2.35 bits per heavy atom. The SMILES string of the molecule is Cc1ccc([C@@H]2CC[C@@]3(C)C(=O)N(C(=O)OC(C)(C)C)[C@H](C)[C@H]3[C@H]2c2ccc(Cl)cc2)c(Cl)c1. The van der Waals surface area contributed by atoms with Crippen LogP contribution in [0.5, 0.6) is 0 Å². The molecule has 1 saturated carbocycles. The van der Waals surface area contributed by atoms with Gasteiger partial charge in [0.15, 0.2) is 0 Å². The number of carbonyl (C=O) groups excluding carboxylic acids is 2. The number of fused-ring (bicyclic) bond motifs is 1. The third kappa shape index (κ3) is 4.35. The quantitative estimate of drug-likeness (QED) is 0.422. The molecule has 2 aromatic rings. The summed E-state index contributed by atoms with van der Waals surface area (Å²) in [5.74, 6) is -0.139. The van der Waals surface area contributed by atoms with E-state index in [1.54, 1.807) is 0 Å². The number of rotatable bonds is 2. The summed E-state index contributed by atoms with van der Waals surface area (Å²) in [7, 11) is 0. The van der Waals surface area contributed by atoms with Crippen molar-refractivity contribution in [3.05, 3.63) is 69.2 Å². The number of amides is 2. The minimum atomic E-state index is -0.681. The lowest BCUT2D eigenvalue weighted by Gasteiger charge is -2.46. The molecule has 0 bridgehead atoms. The lowest BCUT2D eigenvalue weighted by molar-refractivity contribution is -0.137. The summed E-state index contributed by atoms with van der Waals surface area (Å²) in [6.45, 7) is 11.5. The van der Waals surface area contributed by atoms with Gasteiger partial charge in [-0.2, -0.15) is 0 Å². The number of likely N-dealkylation sites (tertiary alicyclic amines) is 1. The average Bonchev–Trinajstić information content (AvgIpc) is 2.93. The molecule has 2 amide bonds. The molecule has 2 aliphatic rings. The number of nitrogens with zero attached hydrogens (tertiary/aromatic N) is 1. The summed E-state index contributed by atoms with van der Waals surface area (Å²) in [5.41, 5.74) is 1.95. The third-order valence-corrected chi connectivity index (χ3v) is 8.14. The molecule has 182 valence electrons. The molecular weight excluding hydrogens is 469 g/mol. The van der Waals surface area contributed by atoms with Crippen molar-refractivity contribution < 1.29 is 14.3 Å². The van der Waals surface area contributed by atoms with E-state index in [0.29, 0.717) is 11.4 Å². The highest BCUT2D eigenvalue weighted by Gasteiger charge is 2.62. The predicted molar refractivity (Wildman–Crippen MR) is 136 cm³/mol. The Morgan fingerprint density at radius 1 is 1.12 bits per heavy atom. The first-order chi connectivity index (χ1) is 15.8. The van der Waals surface area contributed by atoms with Crippen molar-refractivity contribution in [3.63, 3.8) is 0 Å². The number of benzene rings is 2. The van der Waals surface area contributed by atoms with Gasteiger partial charge in [0.25, 0.3) is 0 Å². The van der Waals surface area contributed by atoms with Crippen LogP contribution in [0, 0.1) is 18.3 Å². The molecule has 1 saturated heterocycles. The normalized spacial score (nSPS) is 29.2. The van der Waals surface area contributed by atoms with Crippen molar-refractivity contribution in [3.8, 4) is 0 Å². The van der Waals surface area contributed by atoms with Crippen LogP contribution in [0.2, 0.25) is 10.0 Å². The van der Waals surface area contributed by atoms with Crippen molar-refractivity contribution >= 4 is 35.2 Å². The van der Waals surface area contributed by atoms with E-state index < -0.39 is 17.1 Å². The highest BCUT2D eigenvalue weighted by atomic mass is 35.5. The highest BCUT2D eigenvalue weighted by Crippen LogP contribution is 2.61. The zero-order valence-electron chi connectivity index (χ0n) is 20.7. The molecule has 4 nitrogen and oxygen atoms in total. The largest absolute Gasteiger partial charge is 0.443 e. The number of aryl methyl sites for hydroxylation is 1. The lowest BCUT2D eigenvalue weighted by atomic mass is 9.56. The van der Waals surface area contributed by atoms with Crippen molar-refractivity contribution in [1.82, 2.24) is 4.90 Å². The fourth-order valence-electron chi connectivity index (χ4n) is 6.12. The van der Waals surface area contributed by atoms with E-state index in [0.717, 1.165) is 28.1 Å². The molecule has 4 rings (SSSR count). The first kappa shape index (κ1) is 25.1. The Kier molecular flexibility index (Phi) is 6.54. The first-order valence-corrected chi connectivity index (χ1v) is 12.7. The molecule has 34 heavy (non-hydrogen) atoms. The van der Waals surface area contributed by atoms with Gasteiger partial charge >= 0.3 is 6.09 Å². The molecule has 5 atom stereocenters. The van der Waals surface area contributed by atoms with E-state index >= 15 is 0 Å². The number of carbonyl (C=O) groups is 2. The van der Waals surface area contributed by atoms with Crippen LogP contribution < -0.4 is 0 Å². The van der Waals surface area contributed by atoms with E-state index in [4.69, 9.17) is 27.9 Å². The van der Waals surface area contributed by atoms with Gasteiger partial charge in [0.2, 0.25) is 5.91 Å². The molecule has 6 heteroatoms. The van der Waals surface area contributed by atoms with Crippen LogP contribution >= 0.6 is 23.2 Å². The van der Waals surface area contributed by atoms with Gasteiger partial charge in [-0.3, -0.25) is 4.79 Å². The number of ether oxygens (including phenoxy) is 1. The van der Waals surface area contributed by atoms with Gasteiger partial charge in [-0.1, -0.05) is 54.4 Å². The van der Waals surface area contributed by atoms with Gasteiger partial charge in [0.05, 0.1) is 5.41 Å². The minimum Gasteiger partial charge on any atom is -0.443 e. The van der Waals surface area contributed by atoms with Gasteiger partial charge in [-0.15, -0.1) is 0 Å². The molecule has 1 aliphatic heterocycles. The van der Waals surface area contributed by atoms with Crippen LogP contribution in [0.15, 0.2) is 42.5 Å². The fourth-order valence-corrected chi connectivity index (χ4v) is 6.62. The molecule has 0 N–H and O–H groups in total. The molecule has 1 aliphatic carbocycles. The molecule has 0 unspecified atom stereocenters. The van der Waals surface area contributed by atoms with E-state index in [2.05, 4.69) is 12.1 Å². The Balaban J connectivity index is 1.83. The maximum absolute atomic E-state index is 13.8. The Morgan fingerprint density at radius 2 is 1.76 bits per heavy atom. The van der Waals surface area contributed by atoms with Crippen molar-refractivity contribution in [1.29, 1.82) is 0 Å². The van der Waals surface area contributed by atoms with Crippen LogP contribution in [0.4, 0.5) is 4.79 Å². The van der Waals surface area contributed by atoms with E-state index in [9.17, 15) is 9.59 Å².